The van der Waals surface area contributed by atoms with Crippen LogP contribution in [-0.2, 0) is 4.74 Å². The minimum Gasteiger partial charge on any atom is -0.453 e. The molecule has 0 unspecified atom stereocenters. The second-order valence-electron chi connectivity index (χ2n) is 1.91. The maximum atomic E-state index is 10.5. The molecule has 0 bridgehead atoms. The number of hydrogen-bond donors (Lipinski definition) is 1. The predicted octanol–water partition coefficient (Wildman–Crippen LogP) is 1.66. The first-order valence-corrected chi connectivity index (χ1v) is 3.22. The maximum Gasteiger partial charge on any atom is 0.411 e. The molecule has 0 aliphatic rings. The van der Waals surface area contributed by atoms with E-state index < -0.39 is 6.09 Å². The standard InChI is InChI=1S/C7H13NO2/c1-4-5-6(2)8-7(9)10-3/h5H,4H2,1-3H3,(H,8,9)/b6-5+. The smallest absolute Gasteiger partial charge is 0.411 e. The first-order valence-electron chi connectivity index (χ1n) is 3.22. The monoisotopic (exact) mass is 143 g/mol. The van der Waals surface area contributed by atoms with Crippen LogP contribution in [0.5, 0.6) is 0 Å². The van der Waals surface area contributed by atoms with Crippen molar-refractivity contribution in [3.05, 3.63) is 11.8 Å². The summed E-state index contributed by atoms with van der Waals surface area (Å²) in [5, 5.41) is 2.53. The van der Waals surface area contributed by atoms with Gasteiger partial charge >= 0.3 is 6.09 Å². The molecular weight excluding hydrogens is 130 g/mol. The molecule has 58 valence electrons. The summed E-state index contributed by atoms with van der Waals surface area (Å²) in [6.07, 6.45) is 2.41. The summed E-state index contributed by atoms with van der Waals surface area (Å²) in [6.45, 7) is 3.82. The molecular formula is C7H13NO2. The molecule has 0 atom stereocenters. The van der Waals surface area contributed by atoms with Gasteiger partial charge in [0.2, 0.25) is 0 Å². The highest BCUT2D eigenvalue weighted by Gasteiger charge is 1.95. The Morgan fingerprint density at radius 1 is 1.70 bits per heavy atom. The zero-order valence-electron chi connectivity index (χ0n) is 6.60. The van der Waals surface area contributed by atoms with Crippen molar-refractivity contribution in [3.63, 3.8) is 0 Å². The van der Waals surface area contributed by atoms with Gasteiger partial charge in [0.1, 0.15) is 0 Å². The SMILES string of the molecule is CC/C=C(\C)NC(=O)OC. The first-order chi connectivity index (χ1) is 4.70. The van der Waals surface area contributed by atoms with E-state index in [2.05, 4.69) is 10.1 Å². The van der Waals surface area contributed by atoms with Crippen LogP contribution in [0.1, 0.15) is 20.3 Å². The van der Waals surface area contributed by atoms with Crippen molar-refractivity contribution in [1.82, 2.24) is 5.32 Å². The molecule has 0 radical (unpaired) electrons. The molecule has 1 N–H and O–H groups in total. The van der Waals surface area contributed by atoms with E-state index in [1.165, 1.54) is 7.11 Å². The van der Waals surface area contributed by atoms with E-state index in [1.54, 1.807) is 0 Å². The minimum absolute atomic E-state index is 0.415. The van der Waals surface area contributed by atoms with Crippen LogP contribution in [0, 0.1) is 0 Å². The number of ether oxygens (including phenoxy) is 1. The molecule has 0 aromatic heterocycles. The normalized spacial score (nSPS) is 10.9. The number of methoxy groups -OCH3 is 1. The van der Waals surface area contributed by atoms with E-state index in [0.717, 1.165) is 12.1 Å². The van der Waals surface area contributed by atoms with Crippen molar-refractivity contribution >= 4 is 6.09 Å². The van der Waals surface area contributed by atoms with Crippen molar-refractivity contribution < 1.29 is 9.53 Å². The number of nitrogens with one attached hydrogen (secondary N) is 1. The number of amides is 1. The Morgan fingerprint density at radius 2 is 2.30 bits per heavy atom. The molecule has 10 heavy (non-hydrogen) atoms. The molecule has 3 nitrogen and oxygen atoms in total. The van der Waals surface area contributed by atoms with Crippen molar-refractivity contribution in [3.8, 4) is 0 Å². The Bertz CT molecular complexity index is 141. The fraction of sp³-hybridized carbons (Fsp3) is 0.571. The number of hydrogen-bond acceptors (Lipinski definition) is 2. The highest BCUT2D eigenvalue weighted by molar-refractivity contribution is 5.69. The molecule has 0 spiro atoms. The zero-order chi connectivity index (χ0) is 7.98. The van der Waals surface area contributed by atoms with Gasteiger partial charge in [-0.3, -0.25) is 5.32 Å². The third-order valence-corrected chi connectivity index (χ3v) is 0.995. The molecule has 0 aliphatic heterocycles. The summed E-state index contributed by atoms with van der Waals surface area (Å²) < 4.78 is 4.38. The summed E-state index contributed by atoms with van der Waals surface area (Å²) in [7, 11) is 1.34. The maximum absolute atomic E-state index is 10.5. The first kappa shape index (κ1) is 9.01. The van der Waals surface area contributed by atoms with Gasteiger partial charge in [-0.25, -0.2) is 4.79 Å². The van der Waals surface area contributed by atoms with E-state index in [4.69, 9.17) is 0 Å². The van der Waals surface area contributed by atoms with E-state index in [9.17, 15) is 4.79 Å². The molecule has 0 aromatic carbocycles. The van der Waals surface area contributed by atoms with Gasteiger partial charge in [0.25, 0.3) is 0 Å². The summed E-state index contributed by atoms with van der Waals surface area (Å²) in [4.78, 5) is 10.5. The third kappa shape index (κ3) is 3.95. The quantitative estimate of drug-likeness (QED) is 0.638. The van der Waals surface area contributed by atoms with Crippen molar-refractivity contribution in [1.29, 1.82) is 0 Å². The largest absolute Gasteiger partial charge is 0.453 e. The summed E-state index contributed by atoms with van der Waals surface area (Å²) in [6, 6.07) is 0. The van der Waals surface area contributed by atoms with Gasteiger partial charge in [0, 0.05) is 5.70 Å². The molecule has 0 aliphatic carbocycles. The number of allylic oxidation sites excluding steroid dienone is 2. The van der Waals surface area contributed by atoms with Gasteiger partial charge in [-0.2, -0.15) is 0 Å². The van der Waals surface area contributed by atoms with Gasteiger partial charge in [-0.1, -0.05) is 13.0 Å². The lowest BCUT2D eigenvalue weighted by molar-refractivity contribution is 0.174. The molecule has 0 rings (SSSR count). The van der Waals surface area contributed by atoms with Gasteiger partial charge < -0.3 is 4.74 Å². The van der Waals surface area contributed by atoms with Crippen LogP contribution in [0.15, 0.2) is 11.8 Å². The van der Waals surface area contributed by atoms with E-state index in [0.29, 0.717) is 0 Å². The Balaban J connectivity index is 3.67. The summed E-state index contributed by atoms with van der Waals surface area (Å²) >= 11 is 0. The molecule has 0 saturated carbocycles. The lowest BCUT2D eigenvalue weighted by atomic mass is 10.4. The number of carbonyl (C=O) groups excluding carboxylic acids is 1. The molecule has 0 aromatic rings. The second kappa shape index (κ2) is 4.85. The fourth-order valence-corrected chi connectivity index (χ4v) is 0.569. The summed E-state index contributed by atoms with van der Waals surface area (Å²) in [5.74, 6) is 0. The van der Waals surface area contributed by atoms with Gasteiger partial charge in [-0.05, 0) is 13.3 Å². The van der Waals surface area contributed by atoms with Crippen LogP contribution < -0.4 is 5.32 Å². The van der Waals surface area contributed by atoms with Gasteiger partial charge in [0.05, 0.1) is 7.11 Å². The van der Waals surface area contributed by atoms with Gasteiger partial charge in [0.15, 0.2) is 0 Å². The average molecular weight is 143 g/mol. The predicted molar refractivity (Wildman–Crippen MR) is 39.6 cm³/mol. The van der Waals surface area contributed by atoms with E-state index >= 15 is 0 Å². The van der Waals surface area contributed by atoms with Crippen LogP contribution in [0.3, 0.4) is 0 Å². The third-order valence-electron chi connectivity index (χ3n) is 0.995. The minimum atomic E-state index is -0.415. The Labute approximate surface area is 61.1 Å². The van der Waals surface area contributed by atoms with Gasteiger partial charge in [-0.15, -0.1) is 0 Å². The Hall–Kier alpha value is -0.990. The van der Waals surface area contributed by atoms with Crippen LogP contribution >= 0.6 is 0 Å². The molecule has 1 amide bonds. The van der Waals surface area contributed by atoms with Crippen molar-refractivity contribution in [2.45, 2.75) is 20.3 Å². The Morgan fingerprint density at radius 3 is 2.70 bits per heavy atom. The number of rotatable bonds is 2. The highest BCUT2D eigenvalue weighted by Crippen LogP contribution is 1.89. The zero-order valence-corrected chi connectivity index (χ0v) is 6.60. The molecule has 0 saturated heterocycles. The molecule has 0 heterocycles. The molecule has 3 heteroatoms. The second-order valence-corrected chi connectivity index (χ2v) is 1.91. The van der Waals surface area contributed by atoms with Crippen molar-refractivity contribution in [2.75, 3.05) is 7.11 Å². The number of alkyl carbamates (subject to hydrolysis) is 1. The Kier molecular flexibility index (Phi) is 4.37. The van der Waals surface area contributed by atoms with Crippen LogP contribution in [0.2, 0.25) is 0 Å². The lowest BCUT2D eigenvalue weighted by Crippen LogP contribution is -2.20. The average Bonchev–Trinajstić information content (AvgIpc) is 1.88. The van der Waals surface area contributed by atoms with E-state index in [1.807, 2.05) is 19.9 Å². The topological polar surface area (TPSA) is 38.3 Å². The van der Waals surface area contributed by atoms with Crippen LogP contribution in [0.25, 0.3) is 0 Å². The lowest BCUT2D eigenvalue weighted by Gasteiger charge is -2.01. The van der Waals surface area contributed by atoms with E-state index in [-0.39, 0.29) is 0 Å². The molecule has 0 fully saturated rings. The summed E-state index contributed by atoms with van der Waals surface area (Å²) in [5.41, 5.74) is 0.828. The number of carbonyl (C=O) groups is 1. The van der Waals surface area contributed by atoms with Crippen LogP contribution in [0.4, 0.5) is 4.79 Å². The highest BCUT2D eigenvalue weighted by atomic mass is 16.5. The fourth-order valence-electron chi connectivity index (χ4n) is 0.569. The van der Waals surface area contributed by atoms with Crippen LogP contribution in [-0.4, -0.2) is 13.2 Å². The van der Waals surface area contributed by atoms with Crippen molar-refractivity contribution in [2.24, 2.45) is 0 Å².